The minimum absolute atomic E-state index is 0.0912. The number of nitrogens with zero attached hydrogens (tertiary/aromatic N) is 5. The second-order valence-corrected chi connectivity index (χ2v) is 8.95. The van der Waals surface area contributed by atoms with Gasteiger partial charge in [0, 0.05) is 23.9 Å². The number of pyridine rings is 1. The first-order valence-corrected chi connectivity index (χ1v) is 11.5. The zero-order valence-electron chi connectivity index (χ0n) is 18.9. The number of aromatic amines is 1. The van der Waals surface area contributed by atoms with Crippen LogP contribution in [0.15, 0.2) is 24.4 Å². The molecule has 0 saturated carbocycles. The molecule has 33 heavy (non-hydrogen) atoms. The minimum atomic E-state index is -0.340. The van der Waals surface area contributed by atoms with Crippen molar-refractivity contribution in [1.29, 1.82) is 0 Å². The third-order valence-electron chi connectivity index (χ3n) is 6.25. The number of fused-ring (bicyclic) bond motifs is 1. The topological polar surface area (TPSA) is 138 Å². The van der Waals surface area contributed by atoms with Crippen LogP contribution in [-0.4, -0.2) is 43.6 Å². The van der Waals surface area contributed by atoms with E-state index in [0.717, 1.165) is 67.2 Å². The fourth-order valence-corrected chi connectivity index (χ4v) is 4.45. The molecule has 3 aromatic rings. The summed E-state index contributed by atoms with van der Waals surface area (Å²) in [5.74, 6) is 2.80. The summed E-state index contributed by atoms with van der Waals surface area (Å²) in [5, 5.41) is 13.8. The number of hydrogen-bond donors (Lipinski definition) is 4. The second-order valence-electron chi connectivity index (χ2n) is 8.95. The first-order valence-electron chi connectivity index (χ1n) is 11.5. The highest BCUT2D eigenvalue weighted by Gasteiger charge is 2.34. The Hall–Kier alpha value is -3.69. The van der Waals surface area contributed by atoms with E-state index in [1.165, 1.54) is 0 Å². The van der Waals surface area contributed by atoms with Crippen LogP contribution in [0, 0.1) is 0 Å². The number of nitrogen functional groups attached to an aromatic ring is 1. The molecule has 1 saturated heterocycles. The first-order chi connectivity index (χ1) is 16.0. The molecule has 0 radical (unpaired) electrons. The Balaban J connectivity index is 1.40. The maximum Gasteiger partial charge on any atom is 0.247 e. The molecule has 1 atom stereocenters. The van der Waals surface area contributed by atoms with Crippen LogP contribution in [0.4, 0.5) is 29.1 Å². The summed E-state index contributed by atoms with van der Waals surface area (Å²) in [6.45, 7) is 4.98. The summed E-state index contributed by atoms with van der Waals surface area (Å²) in [4.78, 5) is 28.8. The van der Waals surface area contributed by atoms with Gasteiger partial charge in [-0.3, -0.25) is 9.89 Å². The van der Waals surface area contributed by atoms with Gasteiger partial charge in [0.15, 0.2) is 5.82 Å². The lowest BCUT2D eigenvalue weighted by Gasteiger charge is -2.25. The Morgan fingerprint density at radius 1 is 1.24 bits per heavy atom. The molecule has 2 aliphatic rings. The number of amides is 1. The largest absolute Gasteiger partial charge is 0.384 e. The van der Waals surface area contributed by atoms with E-state index in [0.29, 0.717) is 23.4 Å². The molecule has 10 heteroatoms. The average molecular weight is 448 g/mol. The number of aryl methyl sites for hydroxylation is 1. The lowest BCUT2D eigenvalue weighted by atomic mass is 10.1. The number of rotatable bonds is 6. The molecule has 1 aliphatic carbocycles. The number of nitrogens with two attached hydrogens (primary N) is 1. The fraction of sp³-hybridized carbons (Fsp3) is 0.435. The molecule has 10 nitrogen and oxygen atoms in total. The average Bonchev–Trinajstić information content (AvgIpc) is 3.55. The Kier molecular flexibility index (Phi) is 5.57. The van der Waals surface area contributed by atoms with Crippen molar-refractivity contribution in [1.82, 2.24) is 25.1 Å². The number of carbonyl (C=O) groups is 1. The molecule has 1 fully saturated rings. The van der Waals surface area contributed by atoms with Crippen molar-refractivity contribution < 1.29 is 4.79 Å². The summed E-state index contributed by atoms with van der Waals surface area (Å²) in [5.41, 5.74) is 9.53. The molecule has 0 unspecified atom stereocenters. The fourth-order valence-electron chi connectivity index (χ4n) is 4.45. The first kappa shape index (κ1) is 21.2. The van der Waals surface area contributed by atoms with E-state index in [-0.39, 0.29) is 11.9 Å². The van der Waals surface area contributed by atoms with Gasteiger partial charge in [0.05, 0.1) is 17.6 Å². The molecular weight excluding hydrogens is 418 g/mol. The van der Waals surface area contributed by atoms with Gasteiger partial charge in [-0.05, 0) is 50.2 Å². The van der Waals surface area contributed by atoms with Gasteiger partial charge in [-0.15, -0.1) is 0 Å². The highest BCUT2D eigenvalue weighted by molar-refractivity contribution is 5.97. The van der Waals surface area contributed by atoms with Gasteiger partial charge in [0.25, 0.3) is 0 Å². The smallest absolute Gasteiger partial charge is 0.247 e. The van der Waals surface area contributed by atoms with E-state index < -0.39 is 0 Å². The van der Waals surface area contributed by atoms with Gasteiger partial charge in [-0.1, -0.05) is 13.8 Å². The van der Waals surface area contributed by atoms with Crippen molar-refractivity contribution in [2.45, 2.75) is 57.9 Å². The van der Waals surface area contributed by atoms with Crippen LogP contribution in [0.1, 0.15) is 56.0 Å². The van der Waals surface area contributed by atoms with Crippen molar-refractivity contribution in [3.05, 3.63) is 41.3 Å². The molecule has 0 bridgehead atoms. The van der Waals surface area contributed by atoms with Crippen LogP contribution in [0.2, 0.25) is 0 Å². The van der Waals surface area contributed by atoms with E-state index in [2.05, 4.69) is 39.7 Å². The molecule has 0 aromatic carbocycles. The highest BCUT2D eigenvalue weighted by Crippen LogP contribution is 2.33. The number of anilines is 5. The Morgan fingerprint density at radius 3 is 2.88 bits per heavy atom. The van der Waals surface area contributed by atoms with Crippen LogP contribution in [0.25, 0.3) is 0 Å². The van der Waals surface area contributed by atoms with Crippen LogP contribution in [-0.2, 0) is 17.6 Å². The molecule has 172 valence electrons. The standard InChI is InChI=1S/C23H29N9O/c1-13(2)17-11-20(31-30-17)28-21-15-5-3-6-16(15)27-23(29-21)32-10-4-7-18(32)22(33)26-14-8-9-19(24)25-12-14/h8-9,11-13,18H,3-7,10H2,1-2H3,(H2,24,25)(H,26,33)(H2,27,28,29,30,31)/t18-/m1/s1. The van der Waals surface area contributed by atoms with Crippen LogP contribution >= 0.6 is 0 Å². The number of carbonyl (C=O) groups excluding carboxylic acids is 1. The van der Waals surface area contributed by atoms with Gasteiger partial charge < -0.3 is 21.3 Å². The van der Waals surface area contributed by atoms with E-state index in [9.17, 15) is 4.79 Å². The van der Waals surface area contributed by atoms with Gasteiger partial charge >= 0.3 is 0 Å². The minimum Gasteiger partial charge on any atom is -0.384 e. The summed E-state index contributed by atoms with van der Waals surface area (Å²) in [6, 6.07) is 5.10. The van der Waals surface area contributed by atoms with Crippen molar-refractivity contribution >= 4 is 35.0 Å². The molecule has 0 spiro atoms. The number of hydrogen-bond acceptors (Lipinski definition) is 8. The lowest BCUT2D eigenvalue weighted by Crippen LogP contribution is -2.40. The SMILES string of the molecule is CC(C)c1cc(Nc2nc(N3CCC[C@@H]3C(=O)Nc3ccc(N)nc3)nc3c2CCC3)n[nH]1. The van der Waals surface area contributed by atoms with Crippen LogP contribution in [0.3, 0.4) is 0 Å². The predicted octanol–water partition coefficient (Wildman–Crippen LogP) is 3.14. The van der Waals surface area contributed by atoms with Crippen molar-refractivity contribution in [3.63, 3.8) is 0 Å². The Morgan fingerprint density at radius 2 is 2.12 bits per heavy atom. The maximum atomic E-state index is 13.1. The Bertz CT molecular complexity index is 1160. The van der Waals surface area contributed by atoms with Gasteiger partial charge in [-0.2, -0.15) is 10.1 Å². The zero-order chi connectivity index (χ0) is 22.9. The zero-order valence-corrected chi connectivity index (χ0v) is 18.9. The number of aromatic nitrogens is 5. The van der Waals surface area contributed by atoms with E-state index >= 15 is 0 Å². The van der Waals surface area contributed by atoms with Crippen LogP contribution in [0.5, 0.6) is 0 Å². The van der Waals surface area contributed by atoms with Crippen molar-refractivity contribution in [2.24, 2.45) is 0 Å². The summed E-state index contributed by atoms with van der Waals surface area (Å²) in [7, 11) is 0. The molecule has 1 amide bonds. The molecule has 5 rings (SSSR count). The number of H-pyrrole nitrogens is 1. The molecule has 1 aliphatic heterocycles. The van der Waals surface area contributed by atoms with Crippen LogP contribution < -0.4 is 21.3 Å². The third-order valence-corrected chi connectivity index (χ3v) is 6.25. The monoisotopic (exact) mass is 447 g/mol. The lowest BCUT2D eigenvalue weighted by molar-refractivity contribution is -0.117. The molecule has 5 N–H and O–H groups in total. The number of nitrogens with one attached hydrogen (secondary N) is 3. The summed E-state index contributed by atoms with van der Waals surface area (Å²) in [6.07, 6.45) is 6.11. The normalized spacial score (nSPS) is 17.4. The molecule has 3 aromatic heterocycles. The Labute approximate surface area is 192 Å². The molecule has 4 heterocycles. The van der Waals surface area contributed by atoms with Crippen molar-refractivity contribution in [2.75, 3.05) is 27.8 Å². The molecular formula is C23H29N9O. The van der Waals surface area contributed by atoms with Gasteiger partial charge in [0.1, 0.15) is 17.7 Å². The van der Waals surface area contributed by atoms with E-state index in [4.69, 9.17) is 15.7 Å². The van der Waals surface area contributed by atoms with Gasteiger partial charge in [-0.25, -0.2) is 9.97 Å². The summed E-state index contributed by atoms with van der Waals surface area (Å²) >= 11 is 0. The third kappa shape index (κ3) is 4.33. The van der Waals surface area contributed by atoms with Gasteiger partial charge in [0.2, 0.25) is 11.9 Å². The second kappa shape index (κ2) is 8.68. The highest BCUT2D eigenvalue weighted by atomic mass is 16.2. The predicted molar refractivity (Wildman–Crippen MR) is 128 cm³/mol. The summed E-state index contributed by atoms with van der Waals surface area (Å²) < 4.78 is 0. The quantitative estimate of drug-likeness (QED) is 0.452. The van der Waals surface area contributed by atoms with E-state index in [1.807, 2.05) is 11.0 Å². The maximum absolute atomic E-state index is 13.1. The van der Waals surface area contributed by atoms with Crippen molar-refractivity contribution in [3.8, 4) is 0 Å². The van der Waals surface area contributed by atoms with E-state index in [1.54, 1.807) is 18.3 Å².